The Balaban J connectivity index is 1.48. The molecule has 0 radical (unpaired) electrons. The molecule has 0 N–H and O–H groups in total. The highest BCUT2D eigenvalue weighted by Gasteiger charge is 2.21. The average Bonchev–Trinajstić information content (AvgIpc) is 2.67. The van der Waals surface area contributed by atoms with E-state index in [2.05, 4.69) is 36.1 Å². The van der Waals surface area contributed by atoms with Gasteiger partial charge in [0.15, 0.2) is 0 Å². The number of benzene rings is 2. The number of anilines is 1. The van der Waals surface area contributed by atoms with Crippen molar-refractivity contribution in [2.75, 3.05) is 31.1 Å². The van der Waals surface area contributed by atoms with Crippen molar-refractivity contribution in [3.05, 3.63) is 69.8 Å². The summed E-state index contributed by atoms with van der Waals surface area (Å²) < 4.78 is 0. The summed E-state index contributed by atoms with van der Waals surface area (Å²) in [7, 11) is 0. The van der Waals surface area contributed by atoms with Gasteiger partial charge in [-0.1, -0.05) is 29.8 Å². The smallest absolute Gasteiger partial charge is 0.269 e. The lowest BCUT2D eigenvalue weighted by molar-refractivity contribution is -0.384. The first-order chi connectivity index (χ1) is 12.5. The lowest BCUT2D eigenvalue weighted by Crippen LogP contribution is -2.48. The third kappa shape index (κ3) is 4.39. The Kier molecular flexibility index (Phi) is 5.51. The number of amides is 1. The molecule has 0 unspecified atom stereocenters. The van der Waals surface area contributed by atoms with E-state index >= 15 is 0 Å². The molecule has 3 rings (SSSR count). The molecule has 1 fully saturated rings. The average molecular weight is 353 g/mol. The number of carbonyl (C=O) groups excluding carboxylic acids is 1. The molecule has 2 aromatic carbocycles. The van der Waals surface area contributed by atoms with Crippen LogP contribution >= 0.6 is 0 Å². The number of piperazine rings is 1. The van der Waals surface area contributed by atoms with Gasteiger partial charge in [-0.05, 0) is 31.0 Å². The summed E-state index contributed by atoms with van der Waals surface area (Å²) in [5.74, 6) is 0.189. The molecule has 1 amide bonds. The number of nitrogens with zero attached hydrogens (tertiary/aromatic N) is 3. The lowest BCUT2D eigenvalue weighted by atomic mass is 10.1. The van der Waals surface area contributed by atoms with E-state index in [0.717, 1.165) is 25.2 Å². The molecule has 0 saturated carbocycles. The standard InChI is InChI=1S/C20H23N3O3/c1-16-2-4-17(5-3-16)6-11-20(24)22-14-12-21(13-15-22)18-7-9-19(10-8-18)23(25)26/h2-5,7-10H,6,11-15H2,1H3. The molecule has 1 aliphatic heterocycles. The van der Waals surface area contributed by atoms with Crippen LogP contribution in [0.1, 0.15) is 17.5 Å². The van der Waals surface area contributed by atoms with Crippen molar-refractivity contribution in [3.8, 4) is 0 Å². The Morgan fingerprint density at radius 3 is 2.19 bits per heavy atom. The molecule has 0 spiro atoms. The zero-order valence-corrected chi connectivity index (χ0v) is 14.9. The fourth-order valence-corrected chi connectivity index (χ4v) is 3.16. The first-order valence-corrected chi connectivity index (χ1v) is 8.85. The van der Waals surface area contributed by atoms with E-state index in [1.165, 1.54) is 23.3 Å². The number of carbonyl (C=O) groups is 1. The monoisotopic (exact) mass is 353 g/mol. The molecule has 1 heterocycles. The van der Waals surface area contributed by atoms with Gasteiger partial charge in [-0.2, -0.15) is 0 Å². The van der Waals surface area contributed by atoms with Crippen LogP contribution in [-0.2, 0) is 11.2 Å². The van der Waals surface area contributed by atoms with Crippen LogP contribution < -0.4 is 4.90 Å². The van der Waals surface area contributed by atoms with Gasteiger partial charge in [0.1, 0.15) is 0 Å². The Bertz CT molecular complexity index is 764. The molecule has 6 nitrogen and oxygen atoms in total. The second-order valence-corrected chi connectivity index (χ2v) is 6.63. The second-order valence-electron chi connectivity index (χ2n) is 6.63. The number of nitro benzene ring substituents is 1. The topological polar surface area (TPSA) is 66.7 Å². The number of hydrogen-bond acceptors (Lipinski definition) is 4. The lowest BCUT2D eigenvalue weighted by Gasteiger charge is -2.36. The van der Waals surface area contributed by atoms with Gasteiger partial charge in [-0.3, -0.25) is 14.9 Å². The minimum atomic E-state index is -0.394. The van der Waals surface area contributed by atoms with Gasteiger partial charge in [0.2, 0.25) is 5.91 Å². The van der Waals surface area contributed by atoms with Crippen LogP contribution in [-0.4, -0.2) is 41.9 Å². The molecular formula is C20H23N3O3. The van der Waals surface area contributed by atoms with Crippen LogP contribution in [0.25, 0.3) is 0 Å². The van der Waals surface area contributed by atoms with E-state index in [-0.39, 0.29) is 11.6 Å². The van der Waals surface area contributed by atoms with Crippen molar-refractivity contribution in [2.24, 2.45) is 0 Å². The molecule has 0 bridgehead atoms. The predicted octanol–water partition coefficient (Wildman–Crippen LogP) is 3.18. The summed E-state index contributed by atoms with van der Waals surface area (Å²) in [6.07, 6.45) is 1.29. The van der Waals surface area contributed by atoms with E-state index in [1.54, 1.807) is 12.1 Å². The summed E-state index contributed by atoms with van der Waals surface area (Å²) in [5, 5.41) is 10.7. The second kappa shape index (κ2) is 7.99. The maximum Gasteiger partial charge on any atom is 0.269 e. The summed E-state index contributed by atoms with van der Waals surface area (Å²) in [4.78, 5) is 26.8. The van der Waals surface area contributed by atoms with Gasteiger partial charge >= 0.3 is 0 Å². The fourth-order valence-electron chi connectivity index (χ4n) is 3.16. The molecule has 0 atom stereocenters. The molecule has 26 heavy (non-hydrogen) atoms. The maximum absolute atomic E-state index is 12.4. The Morgan fingerprint density at radius 1 is 1.00 bits per heavy atom. The molecule has 2 aromatic rings. The SMILES string of the molecule is Cc1ccc(CCC(=O)N2CCN(c3ccc([N+](=O)[O-])cc3)CC2)cc1. The maximum atomic E-state index is 12.4. The van der Waals surface area contributed by atoms with Crippen molar-refractivity contribution < 1.29 is 9.72 Å². The van der Waals surface area contributed by atoms with Crippen LogP contribution in [0.4, 0.5) is 11.4 Å². The van der Waals surface area contributed by atoms with E-state index in [1.807, 2.05) is 4.90 Å². The first kappa shape index (κ1) is 17.9. The fraction of sp³-hybridized carbons (Fsp3) is 0.350. The minimum Gasteiger partial charge on any atom is -0.368 e. The number of rotatable bonds is 5. The summed E-state index contributed by atoms with van der Waals surface area (Å²) in [6, 6.07) is 14.9. The largest absolute Gasteiger partial charge is 0.368 e. The Hall–Kier alpha value is -2.89. The number of aryl methyl sites for hydroxylation is 2. The molecule has 6 heteroatoms. The van der Waals surface area contributed by atoms with Gasteiger partial charge in [0.05, 0.1) is 4.92 Å². The van der Waals surface area contributed by atoms with Crippen LogP contribution in [0.5, 0.6) is 0 Å². The zero-order chi connectivity index (χ0) is 18.5. The van der Waals surface area contributed by atoms with Crippen LogP contribution in [0.15, 0.2) is 48.5 Å². The summed E-state index contributed by atoms with van der Waals surface area (Å²) in [5.41, 5.74) is 3.47. The van der Waals surface area contributed by atoms with Gasteiger partial charge in [0.25, 0.3) is 5.69 Å². The van der Waals surface area contributed by atoms with Crippen LogP contribution in [0, 0.1) is 17.0 Å². The van der Waals surface area contributed by atoms with Crippen LogP contribution in [0.3, 0.4) is 0 Å². The zero-order valence-electron chi connectivity index (χ0n) is 14.9. The predicted molar refractivity (Wildman–Crippen MR) is 101 cm³/mol. The highest BCUT2D eigenvalue weighted by molar-refractivity contribution is 5.76. The number of non-ortho nitro benzene ring substituents is 1. The number of nitro groups is 1. The number of hydrogen-bond donors (Lipinski definition) is 0. The molecular weight excluding hydrogens is 330 g/mol. The Labute approximate surface area is 153 Å². The van der Waals surface area contributed by atoms with Gasteiger partial charge in [-0.15, -0.1) is 0 Å². The van der Waals surface area contributed by atoms with Crippen molar-refractivity contribution in [1.29, 1.82) is 0 Å². The molecule has 136 valence electrons. The van der Waals surface area contributed by atoms with Crippen molar-refractivity contribution in [1.82, 2.24) is 4.90 Å². The summed E-state index contributed by atoms with van der Waals surface area (Å²) >= 11 is 0. The van der Waals surface area contributed by atoms with E-state index in [0.29, 0.717) is 19.5 Å². The van der Waals surface area contributed by atoms with Crippen molar-refractivity contribution in [2.45, 2.75) is 19.8 Å². The normalized spacial score (nSPS) is 14.3. The molecule has 1 saturated heterocycles. The van der Waals surface area contributed by atoms with E-state index < -0.39 is 4.92 Å². The third-order valence-corrected chi connectivity index (χ3v) is 4.81. The van der Waals surface area contributed by atoms with Crippen LogP contribution in [0.2, 0.25) is 0 Å². The van der Waals surface area contributed by atoms with Gasteiger partial charge in [-0.25, -0.2) is 0 Å². The highest BCUT2D eigenvalue weighted by Crippen LogP contribution is 2.21. The van der Waals surface area contributed by atoms with Gasteiger partial charge < -0.3 is 9.80 Å². The molecule has 1 aliphatic rings. The van der Waals surface area contributed by atoms with E-state index in [4.69, 9.17) is 0 Å². The third-order valence-electron chi connectivity index (χ3n) is 4.81. The first-order valence-electron chi connectivity index (χ1n) is 8.85. The quantitative estimate of drug-likeness (QED) is 0.612. The minimum absolute atomic E-state index is 0.0960. The Morgan fingerprint density at radius 2 is 1.62 bits per heavy atom. The molecule has 0 aromatic heterocycles. The van der Waals surface area contributed by atoms with Crippen molar-refractivity contribution in [3.63, 3.8) is 0 Å². The van der Waals surface area contributed by atoms with E-state index in [9.17, 15) is 14.9 Å². The van der Waals surface area contributed by atoms with Crippen molar-refractivity contribution >= 4 is 17.3 Å². The highest BCUT2D eigenvalue weighted by atomic mass is 16.6. The molecule has 0 aliphatic carbocycles. The summed E-state index contributed by atoms with van der Waals surface area (Å²) in [6.45, 7) is 4.91. The van der Waals surface area contributed by atoms with Gasteiger partial charge in [0, 0.05) is 50.4 Å².